The number of hydrogen-bond donors (Lipinski definition) is 0. The summed E-state index contributed by atoms with van der Waals surface area (Å²) in [5, 5.41) is 2.05. The number of pyridine rings is 1. The van der Waals surface area contributed by atoms with Gasteiger partial charge < -0.3 is 4.90 Å². The minimum atomic E-state index is 0.0963. The van der Waals surface area contributed by atoms with E-state index >= 15 is 0 Å². The molecule has 19 heavy (non-hydrogen) atoms. The van der Waals surface area contributed by atoms with Gasteiger partial charge >= 0.3 is 0 Å². The van der Waals surface area contributed by atoms with Gasteiger partial charge in [0.1, 0.15) is 4.60 Å². The van der Waals surface area contributed by atoms with Gasteiger partial charge in [0.15, 0.2) is 0 Å². The van der Waals surface area contributed by atoms with E-state index in [2.05, 4.69) is 27.0 Å². The highest BCUT2D eigenvalue weighted by atomic mass is 79.9. The Morgan fingerprint density at radius 3 is 2.95 bits per heavy atom. The second-order valence-corrected chi connectivity index (χ2v) is 6.46. The van der Waals surface area contributed by atoms with Gasteiger partial charge in [-0.3, -0.25) is 4.79 Å². The van der Waals surface area contributed by atoms with Crippen LogP contribution >= 0.6 is 27.3 Å². The van der Waals surface area contributed by atoms with Crippen LogP contribution in [0.3, 0.4) is 0 Å². The van der Waals surface area contributed by atoms with Crippen molar-refractivity contribution in [2.24, 2.45) is 0 Å². The number of nitrogens with zero attached hydrogens (tertiary/aromatic N) is 2. The van der Waals surface area contributed by atoms with Gasteiger partial charge in [-0.25, -0.2) is 4.98 Å². The van der Waals surface area contributed by atoms with Gasteiger partial charge in [-0.2, -0.15) is 0 Å². The molecule has 98 valence electrons. The highest BCUT2D eigenvalue weighted by Gasteiger charge is 2.33. The molecular formula is C14H13BrN2OS. The van der Waals surface area contributed by atoms with E-state index in [1.54, 1.807) is 29.7 Å². The van der Waals surface area contributed by atoms with Crippen molar-refractivity contribution in [1.82, 2.24) is 9.88 Å². The zero-order valence-electron chi connectivity index (χ0n) is 10.3. The second kappa shape index (κ2) is 5.43. The maximum absolute atomic E-state index is 12.6. The lowest BCUT2D eigenvalue weighted by atomic mass is 10.2. The Balaban J connectivity index is 1.82. The van der Waals surface area contributed by atoms with E-state index in [-0.39, 0.29) is 5.91 Å². The maximum Gasteiger partial charge on any atom is 0.254 e. The highest BCUT2D eigenvalue weighted by molar-refractivity contribution is 9.10. The first kappa shape index (κ1) is 12.8. The van der Waals surface area contributed by atoms with Crippen molar-refractivity contribution in [1.29, 1.82) is 0 Å². The van der Waals surface area contributed by atoms with E-state index < -0.39 is 0 Å². The smallest absolute Gasteiger partial charge is 0.254 e. The first-order chi connectivity index (χ1) is 9.24. The van der Waals surface area contributed by atoms with Crippen molar-refractivity contribution in [2.75, 3.05) is 0 Å². The molecule has 0 saturated heterocycles. The summed E-state index contributed by atoms with van der Waals surface area (Å²) in [6.45, 7) is 0.709. The molecule has 2 heterocycles. The van der Waals surface area contributed by atoms with Gasteiger partial charge in [-0.15, -0.1) is 11.3 Å². The Bertz CT molecular complexity index is 581. The third-order valence-corrected chi connectivity index (χ3v) is 4.42. The molecule has 0 unspecified atom stereocenters. The summed E-state index contributed by atoms with van der Waals surface area (Å²) in [6.07, 6.45) is 3.89. The molecule has 1 amide bonds. The van der Waals surface area contributed by atoms with Gasteiger partial charge in [0.05, 0.1) is 6.54 Å². The van der Waals surface area contributed by atoms with Crippen molar-refractivity contribution in [2.45, 2.75) is 25.4 Å². The average Bonchev–Trinajstić information content (AvgIpc) is 3.12. The molecule has 0 N–H and O–H groups in total. The zero-order valence-corrected chi connectivity index (χ0v) is 12.7. The molecule has 1 fully saturated rings. The van der Waals surface area contributed by atoms with E-state index in [1.165, 1.54) is 4.88 Å². The molecule has 1 aliphatic rings. The first-order valence-electron chi connectivity index (χ1n) is 6.19. The summed E-state index contributed by atoms with van der Waals surface area (Å²) < 4.78 is 0.699. The Morgan fingerprint density at radius 2 is 2.32 bits per heavy atom. The number of carbonyl (C=O) groups is 1. The number of amides is 1. The summed E-state index contributed by atoms with van der Waals surface area (Å²) in [7, 11) is 0. The number of rotatable bonds is 4. The summed E-state index contributed by atoms with van der Waals surface area (Å²) in [5.74, 6) is 0.0963. The van der Waals surface area contributed by atoms with Crippen LogP contribution in [0.25, 0.3) is 0 Å². The average molecular weight is 337 g/mol. The van der Waals surface area contributed by atoms with E-state index in [0.29, 0.717) is 22.8 Å². The van der Waals surface area contributed by atoms with E-state index in [0.717, 1.165) is 12.8 Å². The number of aromatic nitrogens is 1. The Morgan fingerprint density at radius 1 is 1.47 bits per heavy atom. The van der Waals surface area contributed by atoms with Crippen molar-refractivity contribution < 1.29 is 4.79 Å². The van der Waals surface area contributed by atoms with Crippen LogP contribution in [0.4, 0.5) is 0 Å². The lowest BCUT2D eigenvalue weighted by molar-refractivity contribution is 0.0731. The predicted octanol–water partition coefficient (Wildman–Crippen LogP) is 3.71. The Labute approximate surface area is 124 Å². The molecular weight excluding hydrogens is 324 g/mol. The third kappa shape index (κ3) is 3.04. The largest absolute Gasteiger partial charge is 0.331 e. The van der Waals surface area contributed by atoms with Gasteiger partial charge in [-0.1, -0.05) is 6.07 Å². The molecule has 0 bridgehead atoms. The van der Waals surface area contributed by atoms with Crippen LogP contribution in [0.2, 0.25) is 0 Å². The van der Waals surface area contributed by atoms with Crippen LogP contribution in [0.15, 0.2) is 40.4 Å². The van der Waals surface area contributed by atoms with Crippen LogP contribution in [-0.2, 0) is 6.54 Å². The van der Waals surface area contributed by atoms with Gasteiger partial charge in [0, 0.05) is 22.7 Å². The van der Waals surface area contributed by atoms with Crippen molar-refractivity contribution >= 4 is 33.2 Å². The van der Waals surface area contributed by atoms with E-state index in [9.17, 15) is 4.79 Å². The number of hydrogen-bond acceptors (Lipinski definition) is 3. The van der Waals surface area contributed by atoms with Gasteiger partial charge in [-0.05, 0) is 52.4 Å². The van der Waals surface area contributed by atoms with Gasteiger partial charge in [0.2, 0.25) is 0 Å². The SMILES string of the molecule is O=C(c1ccnc(Br)c1)N(Cc1cccs1)C1CC1. The quantitative estimate of drug-likeness (QED) is 0.797. The maximum atomic E-state index is 12.6. The molecule has 0 atom stereocenters. The standard InChI is InChI=1S/C14H13BrN2OS/c15-13-8-10(5-6-16-13)14(18)17(11-3-4-11)9-12-2-1-7-19-12/h1-2,5-8,11H,3-4,9H2. The molecule has 3 nitrogen and oxygen atoms in total. The summed E-state index contributed by atoms with van der Waals surface area (Å²) in [5.41, 5.74) is 0.699. The van der Waals surface area contributed by atoms with E-state index in [1.807, 2.05) is 16.3 Å². The second-order valence-electron chi connectivity index (χ2n) is 4.61. The fourth-order valence-corrected chi connectivity index (χ4v) is 3.09. The molecule has 5 heteroatoms. The molecule has 0 radical (unpaired) electrons. The first-order valence-corrected chi connectivity index (χ1v) is 7.86. The molecule has 1 saturated carbocycles. The third-order valence-electron chi connectivity index (χ3n) is 3.13. The minimum absolute atomic E-state index is 0.0963. The Hall–Kier alpha value is -1.20. The molecule has 2 aromatic rings. The summed E-state index contributed by atoms with van der Waals surface area (Å²) in [4.78, 5) is 19.9. The molecule has 0 aromatic carbocycles. The molecule has 0 aliphatic heterocycles. The number of thiophene rings is 1. The normalized spacial score (nSPS) is 14.4. The lowest BCUT2D eigenvalue weighted by Crippen LogP contribution is -2.32. The van der Waals surface area contributed by atoms with Crippen LogP contribution in [0.1, 0.15) is 28.1 Å². The number of carbonyl (C=O) groups excluding carboxylic acids is 1. The van der Waals surface area contributed by atoms with Crippen molar-refractivity contribution in [3.63, 3.8) is 0 Å². The molecule has 1 aliphatic carbocycles. The molecule has 3 rings (SSSR count). The Kier molecular flexibility index (Phi) is 3.66. The summed E-state index contributed by atoms with van der Waals surface area (Å²) in [6, 6.07) is 8.07. The fourth-order valence-electron chi connectivity index (χ4n) is 2.02. The van der Waals surface area contributed by atoms with Crippen LogP contribution in [0, 0.1) is 0 Å². The monoisotopic (exact) mass is 336 g/mol. The predicted molar refractivity (Wildman–Crippen MR) is 79.2 cm³/mol. The van der Waals surface area contributed by atoms with E-state index in [4.69, 9.17) is 0 Å². The van der Waals surface area contributed by atoms with Gasteiger partial charge in [0.25, 0.3) is 5.91 Å². The zero-order chi connectivity index (χ0) is 13.2. The van der Waals surface area contributed by atoms with Crippen LogP contribution < -0.4 is 0 Å². The fraction of sp³-hybridized carbons (Fsp3) is 0.286. The number of halogens is 1. The topological polar surface area (TPSA) is 33.2 Å². The molecule has 2 aromatic heterocycles. The van der Waals surface area contributed by atoms with Crippen molar-refractivity contribution in [3.8, 4) is 0 Å². The van der Waals surface area contributed by atoms with Crippen LogP contribution in [0.5, 0.6) is 0 Å². The lowest BCUT2D eigenvalue weighted by Gasteiger charge is -2.21. The van der Waals surface area contributed by atoms with Crippen molar-refractivity contribution in [3.05, 3.63) is 50.9 Å². The summed E-state index contributed by atoms with van der Waals surface area (Å²) >= 11 is 5.01. The minimum Gasteiger partial charge on any atom is -0.331 e. The highest BCUT2D eigenvalue weighted by Crippen LogP contribution is 2.30. The van der Waals surface area contributed by atoms with Crippen LogP contribution in [-0.4, -0.2) is 21.8 Å². The molecule has 0 spiro atoms.